The van der Waals surface area contributed by atoms with Crippen molar-refractivity contribution >= 4 is 71.9 Å². The molecule has 9 rings (SSSR count). The molecule has 0 atom stereocenters. The highest BCUT2D eigenvalue weighted by Gasteiger charge is 2.42. The molecular weight excluding hydrogens is 535 g/mol. The molecule has 0 aliphatic carbocycles. The van der Waals surface area contributed by atoms with Crippen LogP contribution in [0.4, 0.5) is 0 Å². The molecule has 5 heteroatoms. The topological polar surface area (TPSA) is 30.7 Å². The minimum atomic E-state index is -2.07. The standard InChI is InChI=1S/C36H25N3SSi/c1-41(2)30-19-11-8-16-27(30)31-35(37-34(38-36(31)41)22-12-4-3-5-13-22)39-28-17-9-6-14-23(28)25-20-21-26-24-15-7-10-18-29(24)40-33(26)32(25)39/h3-21H,1-2H3. The van der Waals surface area contributed by atoms with Crippen LogP contribution in [0, 0.1) is 0 Å². The summed E-state index contributed by atoms with van der Waals surface area (Å²) in [6.07, 6.45) is 0. The fourth-order valence-corrected chi connectivity index (χ4v) is 11.0. The third-order valence-electron chi connectivity index (χ3n) is 8.77. The molecule has 5 aromatic carbocycles. The summed E-state index contributed by atoms with van der Waals surface area (Å²) in [7, 11) is -2.07. The van der Waals surface area contributed by atoms with Crippen molar-refractivity contribution in [3.8, 4) is 28.3 Å². The summed E-state index contributed by atoms with van der Waals surface area (Å²) in [4.78, 5) is 10.8. The van der Waals surface area contributed by atoms with Gasteiger partial charge in [-0.3, -0.25) is 4.57 Å². The van der Waals surface area contributed by atoms with Gasteiger partial charge in [-0.05, 0) is 22.9 Å². The van der Waals surface area contributed by atoms with Gasteiger partial charge in [0.25, 0.3) is 0 Å². The van der Waals surface area contributed by atoms with Gasteiger partial charge in [0.1, 0.15) is 13.9 Å². The highest BCUT2D eigenvalue weighted by Crippen LogP contribution is 2.44. The number of para-hydroxylation sites is 1. The molecule has 0 radical (unpaired) electrons. The van der Waals surface area contributed by atoms with Gasteiger partial charge in [0.15, 0.2) is 5.82 Å². The van der Waals surface area contributed by atoms with Crippen molar-refractivity contribution in [2.45, 2.75) is 13.1 Å². The average molecular weight is 560 g/mol. The number of benzene rings is 5. The Kier molecular flexibility index (Phi) is 4.65. The second-order valence-corrected chi connectivity index (χ2v) is 16.7. The summed E-state index contributed by atoms with van der Waals surface area (Å²) >= 11 is 1.88. The van der Waals surface area contributed by atoms with Crippen LogP contribution in [0.3, 0.4) is 0 Å². The van der Waals surface area contributed by atoms with Gasteiger partial charge in [0.2, 0.25) is 0 Å². The molecule has 0 unspecified atom stereocenters. The molecule has 3 nitrogen and oxygen atoms in total. The molecule has 1 aliphatic rings. The number of rotatable bonds is 2. The Morgan fingerprint density at radius 2 is 1.34 bits per heavy atom. The molecule has 0 N–H and O–H groups in total. The maximum Gasteiger partial charge on any atom is 0.161 e. The number of hydrogen-bond donors (Lipinski definition) is 0. The molecule has 8 aromatic rings. The second-order valence-electron chi connectivity index (χ2n) is 11.4. The number of thiophene rings is 1. The number of nitrogens with zero attached hydrogens (tertiary/aromatic N) is 3. The maximum absolute atomic E-state index is 5.46. The molecule has 0 amide bonds. The fraction of sp³-hybridized carbons (Fsp3) is 0.0556. The number of aromatic nitrogens is 3. The average Bonchev–Trinajstić information content (AvgIpc) is 3.64. The quantitative estimate of drug-likeness (QED) is 0.199. The Labute approximate surface area is 242 Å². The summed E-state index contributed by atoms with van der Waals surface area (Å²) in [5.41, 5.74) is 5.93. The summed E-state index contributed by atoms with van der Waals surface area (Å²) in [5.74, 6) is 1.78. The van der Waals surface area contributed by atoms with E-state index >= 15 is 0 Å². The Morgan fingerprint density at radius 1 is 0.634 bits per heavy atom. The van der Waals surface area contributed by atoms with Crippen molar-refractivity contribution < 1.29 is 0 Å². The van der Waals surface area contributed by atoms with E-state index in [0.29, 0.717) is 0 Å². The first-order valence-corrected chi connectivity index (χ1v) is 17.8. The van der Waals surface area contributed by atoms with Crippen LogP contribution in [0.5, 0.6) is 0 Å². The molecule has 1 aliphatic heterocycles. The van der Waals surface area contributed by atoms with E-state index in [1.54, 1.807) is 0 Å². The van der Waals surface area contributed by atoms with Crippen LogP contribution in [0.25, 0.3) is 70.3 Å². The van der Waals surface area contributed by atoms with Gasteiger partial charge >= 0.3 is 0 Å². The number of hydrogen-bond acceptors (Lipinski definition) is 3. The van der Waals surface area contributed by atoms with Crippen molar-refractivity contribution in [3.05, 3.63) is 115 Å². The van der Waals surface area contributed by atoms with Crippen molar-refractivity contribution in [2.24, 2.45) is 0 Å². The first-order valence-electron chi connectivity index (χ1n) is 14.0. The lowest BCUT2D eigenvalue weighted by Crippen LogP contribution is -2.51. The van der Waals surface area contributed by atoms with E-state index in [2.05, 4.69) is 133 Å². The van der Waals surface area contributed by atoms with Crippen LogP contribution < -0.4 is 10.5 Å². The lowest BCUT2D eigenvalue weighted by Gasteiger charge is -2.19. The second kappa shape index (κ2) is 8.23. The SMILES string of the molecule is C[Si]1(C)c2ccccc2-c2c(-n3c4ccccc4c4ccc5c6ccccc6sc5c43)nc(-c3ccccc3)nc21. The minimum Gasteiger partial charge on any atom is -0.292 e. The minimum absolute atomic E-state index is 0.794. The van der Waals surface area contributed by atoms with Gasteiger partial charge in [0.05, 0.1) is 15.7 Å². The summed E-state index contributed by atoms with van der Waals surface area (Å²) in [5, 5.41) is 7.77. The van der Waals surface area contributed by atoms with E-state index in [9.17, 15) is 0 Å². The normalized spacial score (nSPS) is 13.8. The molecular formula is C36H25N3SSi. The summed E-state index contributed by atoms with van der Waals surface area (Å²) in [6, 6.07) is 41.5. The Bertz CT molecular complexity index is 2350. The van der Waals surface area contributed by atoms with E-state index in [0.717, 1.165) is 17.2 Å². The smallest absolute Gasteiger partial charge is 0.161 e. The van der Waals surface area contributed by atoms with E-state index in [1.807, 2.05) is 11.3 Å². The highest BCUT2D eigenvalue weighted by molar-refractivity contribution is 7.26. The molecule has 41 heavy (non-hydrogen) atoms. The van der Waals surface area contributed by atoms with Crippen molar-refractivity contribution in [1.29, 1.82) is 0 Å². The van der Waals surface area contributed by atoms with Crippen LogP contribution in [-0.4, -0.2) is 22.6 Å². The van der Waals surface area contributed by atoms with Crippen molar-refractivity contribution in [2.75, 3.05) is 0 Å². The van der Waals surface area contributed by atoms with Crippen LogP contribution >= 0.6 is 11.3 Å². The van der Waals surface area contributed by atoms with Crippen molar-refractivity contribution in [3.63, 3.8) is 0 Å². The third kappa shape index (κ3) is 3.07. The van der Waals surface area contributed by atoms with Gasteiger partial charge in [-0.15, -0.1) is 11.3 Å². The summed E-state index contributed by atoms with van der Waals surface area (Å²) in [6.45, 7) is 4.86. The lowest BCUT2D eigenvalue weighted by atomic mass is 10.1. The van der Waals surface area contributed by atoms with Gasteiger partial charge in [-0.1, -0.05) is 116 Å². The largest absolute Gasteiger partial charge is 0.292 e. The molecule has 0 fully saturated rings. The predicted octanol–water partition coefficient (Wildman–Crippen LogP) is 8.41. The Balaban J connectivity index is 1.51. The van der Waals surface area contributed by atoms with Crippen LogP contribution in [0.1, 0.15) is 0 Å². The Hall–Kier alpha value is -4.58. The molecule has 194 valence electrons. The van der Waals surface area contributed by atoms with Gasteiger partial charge in [-0.2, -0.15) is 0 Å². The monoisotopic (exact) mass is 559 g/mol. The van der Waals surface area contributed by atoms with Crippen molar-refractivity contribution in [1.82, 2.24) is 14.5 Å². The fourth-order valence-electron chi connectivity index (χ4n) is 6.85. The van der Waals surface area contributed by atoms with Crippen LogP contribution in [0.15, 0.2) is 115 Å². The molecule has 0 spiro atoms. The molecule has 0 saturated carbocycles. The zero-order chi connectivity index (χ0) is 27.3. The van der Waals surface area contributed by atoms with Crippen LogP contribution in [0.2, 0.25) is 13.1 Å². The van der Waals surface area contributed by atoms with E-state index < -0.39 is 8.07 Å². The van der Waals surface area contributed by atoms with Gasteiger partial charge in [-0.25, -0.2) is 9.97 Å². The predicted molar refractivity (Wildman–Crippen MR) is 177 cm³/mol. The highest BCUT2D eigenvalue weighted by atomic mass is 32.1. The summed E-state index contributed by atoms with van der Waals surface area (Å²) < 4.78 is 5.06. The van der Waals surface area contributed by atoms with Gasteiger partial charge < -0.3 is 0 Å². The van der Waals surface area contributed by atoms with Crippen LogP contribution in [-0.2, 0) is 0 Å². The third-order valence-corrected chi connectivity index (χ3v) is 13.3. The van der Waals surface area contributed by atoms with E-state index in [4.69, 9.17) is 9.97 Å². The zero-order valence-electron chi connectivity index (χ0n) is 22.7. The molecule has 3 aromatic heterocycles. The van der Waals surface area contributed by atoms with Gasteiger partial charge in [0, 0.05) is 42.7 Å². The maximum atomic E-state index is 5.46. The first-order chi connectivity index (χ1) is 20.1. The molecule has 0 saturated heterocycles. The molecule has 0 bridgehead atoms. The van der Waals surface area contributed by atoms with E-state index in [-0.39, 0.29) is 0 Å². The van der Waals surface area contributed by atoms with E-state index in [1.165, 1.54) is 63.6 Å². The zero-order valence-corrected chi connectivity index (χ0v) is 24.5. The molecule has 4 heterocycles. The first kappa shape index (κ1) is 23.2. The Morgan fingerprint density at radius 3 is 2.22 bits per heavy atom. The number of fused-ring (bicyclic) bond motifs is 10. The lowest BCUT2D eigenvalue weighted by molar-refractivity contribution is 1.06.